The van der Waals surface area contributed by atoms with E-state index in [2.05, 4.69) is 10.6 Å². The number of nitrogens with one attached hydrogen (secondary N) is 2. The van der Waals surface area contributed by atoms with Gasteiger partial charge >= 0.3 is 6.18 Å². The Labute approximate surface area is 177 Å². The van der Waals surface area contributed by atoms with Gasteiger partial charge in [0, 0.05) is 35.8 Å². The maximum atomic E-state index is 13.1. The van der Waals surface area contributed by atoms with E-state index in [9.17, 15) is 22.8 Å². The molecule has 0 radical (unpaired) electrons. The highest BCUT2D eigenvalue weighted by molar-refractivity contribution is 7.99. The van der Waals surface area contributed by atoms with Crippen LogP contribution in [0.15, 0.2) is 42.5 Å². The van der Waals surface area contributed by atoms with E-state index in [1.165, 1.54) is 18.2 Å². The molecule has 160 valence electrons. The largest absolute Gasteiger partial charge is 0.418 e. The van der Waals surface area contributed by atoms with Gasteiger partial charge in [-0.25, -0.2) is 0 Å². The fourth-order valence-corrected chi connectivity index (χ4v) is 4.11. The van der Waals surface area contributed by atoms with Crippen molar-refractivity contribution in [1.82, 2.24) is 4.90 Å². The summed E-state index contributed by atoms with van der Waals surface area (Å²) in [7, 11) is 0. The summed E-state index contributed by atoms with van der Waals surface area (Å²) in [6.07, 6.45) is -4.56. The summed E-state index contributed by atoms with van der Waals surface area (Å²) in [6.45, 7) is 2.94. The van der Waals surface area contributed by atoms with Crippen LogP contribution >= 0.6 is 11.8 Å². The van der Waals surface area contributed by atoms with Crippen LogP contribution in [0.25, 0.3) is 0 Å². The Balaban J connectivity index is 1.66. The normalized spacial score (nSPS) is 14.3. The smallest absolute Gasteiger partial charge is 0.376 e. The van der Waals surface area contributed by atoms with Crippen LogP contribution in [-0.4, -0.2) is 47.9 Å². The first-order valence-corrected chi connectivity index (χ1v) is 10.6. The highest BCUT2D eigenvalue weighted by atomic mass is 32.2. The first kappa shape index (κ1) is 22.0. The molecule has 1 aliphatic rings. The number of rotatable bonds is 5. The van der Waals surface area contributed by atoms with Crippen molar-refractivity contribution in [2.45, 2.75) is 13.1 Å². The predicted octanol–water partition coefficient (Wildman–Crippen LogP) is 4.25. The second-order valence-electron chi connectivity index (χ2n) is 6.83. The lowest BCUT2D eigenvalue weighted by molar-refractivity contribution is -0.137. The van der Waals surface area contributed by atoms with Gasteiger partial charge in [0.2, 0.25) is 5.91 Å². The number of benzene rings is 2. The minimum absolute atomic E-state index is 0.0555. The third-order valence-electron chi connectivity index (χ3n) is 4.81. The van der Waals surface area contributed by atoms with Gasteiger partial charge in [0.25, 0.3) is 5.91 Å². The van der Waals surface area contributed by atoms with Gasteiger partial charge in [-0.3, -0.25) is 9.59 Å². The van der Waals surface area contributed by atoms with E-state index in [1.54, 1.807) is 25.1 Å². The number of anilines is 2. The van der Waals surface area contributed by atoms with E-state index in [0.29, 0.717) is 29.9 Å². The first-order valence-electron chi connectivity index (χ1n) is 9.44. The molecule has 2 N–H and O–H groups in total. The number of para-hydroxylation sites is 1. The van der Waals surface area contributed by atoms with Crippen molar-refractivity contribution >= 4 is 35.0 Å². The van der Waals surface area contributed by atoms with Crippen LogP contribution in [0.5, 0.6) is 0 Å². The van der Waals surface area contributed by atoms with Crippen molar-refractivity contribution in [2.75, 3.05) is 41.8 Å². The Morgan fingerprint density at radius 1 is 1.03 bits per heavy atom. The van der Waals surface area contributed by atoms with E-state index in [0.717, 1.165) is 17.6 Å². The van der Waals surface area contributed by atoms with Crippen molar-refractivity contribution in [3.05, 3.63) is 59.2 Å². The molecule has 0 saturated carbocycles. The molecule has 5 nitrogen and oxygen atoms in total. The maximum absolute atomic E-state index is 13.1. The molecule has 0 aromatic heterocycles. The van der Waals surface area contributed by atoms with Gasteiger partial charge in [0.15, 0.2) is 0 Å². The molecule has 0 bridgehead atoms. The van der Waals surface area contributed by atoms with Gasteiger partial charge in [-0.2, -0.15) is 24.9 Å². The second-order valence-corrected chi connectivity index (χ2v) is 8.05. The topological polar surface area (TPSA) is 61.4 Å². The molecular weight excluding hydrogens is 415 g/mol. The molecule has 30 heavy (non-hydrogen) atoms. The number of hydrogen-bond acceptors (Lipinski definition) is 4. The Kier molecular flexibility index (Phi) is 6.91. The molecule has 1 heterocycles. The lowest BCUT2D eigenvalue weighted by atomic mass is 10.1. The van der Waals surface area contributed by atoms with E-state index in [-0.39, 0.29) is 18.1 Å². The number of carbonyl (C=O) groups excluding carboxylic acids is 2. The van der Waals surface area contributed by atoms with Crippen LogP contribution in [-0.2, 0) is 11.0 Å². The Bertz CT molecular complexity index is 928. The van der Waals surface area contributed by atoms with Gasteiger partial charge in [0.1, 0.15) is 0 Å². The Hall–Kier alpha value is -2.68. The van der Waals surface area contributed by atoms with Gasteiger partial charge in [-0.05, 0) is 36.8 Å². The molecule has 0 unspecified atom stereocenters. The first-order chi connectivity index (χ1) is 14.3. The highest BCUT2D eigenvalue weighted by Gasteiger charge is 2.33. The summed E-state index contributed by atoms with van der Waals surface area (Å²) in [5, 5.41) is 5.22. The number of carbonyl (C=O) groups is 2. The average Bonchev–Trinajstić information content (AvgIpc) is 2.73. The standard InChI is InChI=1S/C21H22F3N3O2S/c1-14-15(20(29)27-9-11-30-12-10-27)5-4-8-17(14)25-13-19(28)26-18-7-3-2-6-16(18)21(22,23)24/h2-8,25H,9-13H2,1H3,(H,26,28). The molecule has 1 fully saturated rings. The second kappa shape index (κ2) is 9.42. The van der Waals surface area contributed by atoms with Crippen LogP contribution in [0.4, 0.5) is 24.5 Å². The van der Waals surface area contributed by atoms with Crippen LogP contribution in [0.3, 0.4) is 0 Å². The Morgan fingerprint density at radius 3 is 2.40 bits per heavy atom. The molecule has 2 amide bonds. The molecule has 2 aromatic rings. The lowest BCUT2D eigenvalue weighted by Gasteiger charge is -2.27. The van der Waals surface area contributed by atoms with Crippen molar-refractivity contribution < 1.29 is 22.8 Å². The van der Waals surface area contributed by atoms with Crippen molar-refractivity contribution in [3.63, 3.8) is 0 Å². The highest BCUT2D eigenvalue weighted by Crippen LogP contribution is 2.34. The number of thioether (sulfide) groups is 1. The van der Waals surface area contributed by atoms with Crippen LogP contribution in [0.1, 0.15) is 21.5 Å². The van der Waals surface area contributed by atoms with Crippen molar-refractivity contribution in [2.24, 2.45) is 0 Å². The number of hydrogen-bond donors (Lipinski definition) is 2. The Morgan fingerprint density at radius 2 is 1.70 bits per heavy atom. The van der Waals surface area contributed by atoms with Crippen LogP contribution < -0.4 is 10.6 Å². The van der Waals surface area contributed by atoms with E-state index in [4.69, 9.17) is 0 Å². The minimum atomic E-state index is -4.56. The number of halogens is 3. The molecule has 0 spiro atoms. The van der Waals surface area contributed by atoms with Crippen LogP contribution in [0.2, 0.25) is 0 Å². The van der Waals surface area contributed by atoms with Gasteiger partial charge in [0.05, 0.1) is 17.8 Å². The quantitative estimate of drug-likeness (QED) is 0.734. The van der Waals surface area contributed by atoms with E-state index < -0.39 is 17.6 Å². The fourth-order valence-electron chi connectivity index (χ4n) is 3.20. The summed E-state index contributed by atoms with van der Waals surface area (Å²) >= 11 is 1.81. The summed E-state index contributed by atoms with van der Waals surface area (Å²) < 4.78 is 39.2. The number of nitrogens with zero attached hydrogens (tertiary/aromatic N) is 1. The third-order valence-corrected chi connectivity index (χ3v) is 5.75. The number of amides is 2. The SMILES string of the molecule is Cc1c(NCC(=O)Nc2ccccc2C(F)(F)F)cccc1C(=O)N1CCSCC1. The summed E-state index contributed by atoms with van der Waals surface area (Å²) in [6, 6.07) is 10.0. The molecule has 0 atom stereocenters. The van der Waals surface area contributed by atoms with Gasteiger partial charge in [-0.1, -0.05) is 18.2 Å². The fraction of sp³-hybridized carbons (Fsp3) is 0.333. The maximum Gasteiger partial charge on any atom is 0.418 e. The molecule has 3 rings (SSSR count). The molecular formula is C21H22F3N3O2S. The molecule has 1 aliphatic heterocycles. The zero-order valence-corrected chi connectivity index (χ0v) is 17.2. The molecule has 9 heteroatoms. The average molecular weight is 437 g/mol. The van der Waals surface area contributed by atoms with Gasteiger partial charge in [-0.15, -0.1) is 0 Å². The molecule has 0 aliphatic carbocycles. The van der Waals surface area contributed by atoms with E-state index >= 15 is 0 Å². The third kappa shape index (κ3) is 5.27. The van der Waals surface area contributed by atoms with Crippen molar-refractivity contribution in [1.29, 1.82) is 0 Å². The monoisotopic (exact) mass is 437 g/mol. The summed E-state index contributed by atoms with van der Waals surface area (Å²) in [4.78, 5) is 26.8. The summed E-state index contributed by atoms with van der Waals surface area (Å²) in [5.74, 6) is 1.14. The predicted molar refractivity (Wildman–Crippen MR) is 113 cm³/mol. The van der Waals surface area contributed by atoms with Crippen molar-refractivity contribution in [3.8, 4) is 0 Å². The number of alkyl halides is 3. The zero-order valence-electron chi connectivity index (χ0n) is 16.4. The van der Waals surface area contributed by atoms with Crippen LogP contribution in [0, 0.1) is 6.92 Å². The lowest BCUT2D eigenvalue weighted by Crippen LogP contribution is -2.38. The van der Waals surface area contributed by atoms with Gasteiger partial charge < -0.3 is 15.5 Å². The summed E-state index contributed by atoms with van der Waals surface area (Å²) in [5.41, 5.74) is 0.646. The molecule has 1 saturated heterocycles. The van der Waals surface area contributed by atoms with E-state index in [1.807, 2.05) is 16.7 Å². The molecule has 2 aromatic carbocycles. The zero-order chi connectivity index (χ0) is 21.7. The minimum Gasteiger partial charge on any atom is -0.376 e.